The topological polar surface area (TPSA) is 45.2 Å². The minimum Gasteiger partial charge on any atom is -0.350 e. The molecular weight excluding hydrogens is 282 g/mol. The van der Waals surface area contributed by atoms with Gasteiger partial charge in [-0.2, -0.15) is 0 Å². The second-order valence-corrected chi connectivity index (χ2v) is 6.17. The smallest absolute Gasteiger partial charge is 0.263 e. The summed E-state index contributed by atoms with van der Waals surface area (Å²) in [4.78, 5) is 19.2. The second kappa shape index (κ2) is 6.37. The van der Waals surface area contributed by atoms with Crippen LogP contribution in [0, 0.1) is 6.92 Å². The Kier molecular flexibility index (Phi) is 4.31. The zero-order valence-corrected chi connectivity index (χ0v) is 12.9. The first kappa shape index (κ1) is 14.2. The summed E-state index contributed by atoms with van der Waals surface area (Å²) < 4.78 is 0. The third kappa shape index (κ3) is 3.31. The van der Waals surface area contributed by atoms with Crippen molar-refractivity contribution in [2.75, 3.05) is 19.6 Å². The second-order valence-electron chi connectivity index (χ2n) is 5.32. The van der Waals surface area contributed by atoms with Crippen LogP contribution in [0.4, 0.5) is 0 Å². The molecule has 0 saturated carbocycles. The number of rotatable bonds is 4. The van der Waals surface area contributed by atoms with E-state index in [0.29, 0.717) is 6.54 Å². The summed E-state index contributed by atoms with van der Waals surface area (Å²) in [5.41, 5.74) is 5.39. The van der Waals surface area contributed by atoms with Crippen LogP contribution >= 0.6 is 11.3 Å². The van der Waals surface area contributed by atoms with Crippen molar-refractivity contribution >= 4 is 17.2 Å². The van der Waals surface area contributed by atoms with Crippen LogP contribution in [0.2, 0.25) is 0 Å². The maximum Gasteiger partial charge on any atom is 0.263 e. The number of thiazole rings is 1. The summed E-state index contributed by atoms with van der Waals surface area (Å²) in [5.74, 6) is -0.00703. The number of hydrogen-bond acceptors (Lipinski definition) is 4. The van der Waals surface area contributed by atoms with E-state index in [1.54, 1.807) is 5.51 Å². The van der Waals surface area contributed by atoms with Gasteiger partial charge in [-0.25, -0.2) is 4.98 Å². The van der Waals surface area contributed by atoms with Crippen LogP contribution in [-0.2, 0) is 13.0 Å². The van der Waals surface area contributed by atoms with Crippen molar-refractivity contribution in [1.82, 2.24) is 15.2 Å². The van der Waals surface area contributed by atoms with Gasteiger partial charge in [-0.15, -0.1) is 11.3 Å². The molecule has 0 fully saturated rings. The molecule has 2 heterocycles. The Labute approximate surface area is 128 Å². The Hall–Kier alpha value is -1.72. The number of hydrogen-bond donors (Lipinski definition) is 1. The van der Waals surface area contributed by atoms with E-state index in [9.17, 15) is 4.79 Å². The molecule has 1 aliphatic rings. The van der Waals surface area contributed by atoms with Crippen LogP contribution in [0.5, 0.6) is 0 Å². The summed E-state index contributed by atoms with van der Waals surface area (Å²) in [6.45, 7) is 5.47. The molecule has 4 nitrogen and oxygen atoms in total. The van der Waals surface area contributed by atoms with Crippen molar-refractivity contribution in [3.63, 3.8) is 0 Å². The highest BCUT2D eigenvalue weighted by Gasteiger charge is 2.16. The lowest BCUT2D eigenvalue weighted by Crippen LogP contribution is -2.37. The average molecular weight is 301 g/mol. The third-order valence-electron chi connectivity index (χ3n) is 3.88. The van der Waals surface area contributed by atoms with Gasteiger partial charge in [0.2, 0.25) is 0 Å². The molecular formula is C16H19N3OS. The van der Waals surface area contributed by atoms with Crippen molar-refractivity contribution in [1.29, 1.82) is 0 Å². The summed E-state index contributed by atoms with van der Waals surface area (Å²) in [5, 5.41) is 2.99. The number of amides is 1. The van der Waals surface area contributed by atoms with E-state index < -0.39 is 0 Å². The van der Waals surface area contributed by atoms with Gasteiger partial charge in [0, 0.05) is 26.2 Å². The molecule has 0 aliphatic carbocycles. The Morgan fingerprint density at radius 2 is 2.19 bits per heavy atom. The molecule has 21 heavy (non-hydrogen) atoms. The number of carbonyl (C=O) groups excluding carboxylic acids is 1. The molecule has 5 heteroatoms. The summed E-state index contributed by atoms with van der Waals surface area (Å²) in [6.07, 6.45) is 1.10. The lowest BCUT2D eigenvalue weighted by Gasteiger charge is -2.28. The van der Waals surface area contributed by atoms with Crippen LogP contribution in [0.15, 0.2) is 29.8 Å². The summed E-state index contributed by atoms with van der Waals surface area (Å²) >= 11 is 1.40. The molecule has 0 saturated heterocycles. The molecule has 1 aromatic heterocycles. The molecule has 0 atom stereocenters. The fourth-order valence-corrected chi connectivity index (χ4v) is 3.39. The van der Waals surface area contributed by atoms with Crippen LogP contribution < -0.4 is 5.32 Å². The predicted molar refractivity (Wildman–Crippen MR) is 84.6 cm³/mol. The molecule has 1 N–H and O–H groups in total. The highest BCUT2D eigenvalue weighted by Crippen LogP contribution is 2.17. The molecule has 3 rings (SSSR count). The van der Waals surface area contributed by atoms with Crippen molar-refractivity contribution in [3.8, 4) is 0 Å². The van der Waals surface area contributed by atoms with E-state index in [1.165, 1.54) is 22.5 Å². The number of fused-ring (bicyclic) bond motifs is 1. The normalized spacial score (nSPS) is 14.7. The molecule has 0 radical (unpaired) electrons. The molecule has 1 aromatic carbocycles. The average Bonchev–Trinajstić information content (AvgIpc) is 2.93. The zero-order chi connectivity index (χ0) is 14.7. The first-order valence-electron chi connectivity index (χ1n) is 7.21. The number of aryl methyl sites for hydroxylation is 1. The lowest BCUT2D eigenvalue weighted by atomic mass is 10.00. The van der Waals surface area contributed by atoms with E-state index in [0.717, 1.165) is 36.6 Å². The molecule has 0 spiro atoms. The summed E-state index contributed by atoms with van der Waals surface area (Å²) in [7, 11) is 0. The molecule has 1 amide bonds. The van der Waals surface area contributed by atoms with E-state index >= 15 is 0 Å². The highest BCUT2D eigenvalue weighted by atomic mass is 32.1. The van der Waals surface area contributed by atoms with Gasteiger partial charge in [0.25, 0.3) is 5.91 Å². The minimum atomic E-state index is -0.00703. The fraction of sp³-hybridized carbons (Fsp3) is 0.375. The van der Waals surface area contributed by atoms with Crippen LogP contribution in [0.3, 0.4) is 0 Å². The van der Waals surface area contributed by atoms with Gasteiger partial charge in [0.05, 0.1) is 11.2 Å². The van der Waals surface area contributed by atoms with Crippen molar-refractivity contribution in [2.45, 2.75) is 19.9 Å². The first-order valence-corrected chi connectivity index (χ1v) is 8.09. The molecule has 110 valence electrons. The lowest BCUT2D eigenvalue weighted by molar-refractivity contribution is 0.0950. The monoisotopic (exact) mass is 301 g/mol. The Balaban J connectivity index is 1.49. The van der Waals surface area contributed by atoms with E-state index in [2.05, 4.69) is 39.5 Å². The van der Waals surface area contributed by atoms with Crippen molar-refractivity contribution in [3.05, 3.63) is 51.5 Å². The van der Waals surface area contributed by atoms with Gasteiger partial charge in [-0.3, -0.25) is 9.69 Å². The van der Waals surface area contributed by atoms with Crippen molar-refractivity contribution in [2.24, 2.45) is 0 Å². The standard InChI is InChI=1S/C16H19N3OS/c1-12-15(21-11-18-12)16(20)17-7-9-19-8-6-13-4-2-3-5-14(13)10-19/h2-5,11H,6-10H2,1H3,(H,17,20). The quantitative estimate of drug-likeness (QED) is 0.942. The van der Waals surface area contributed by atoms with Crippen LogP contribution in [0.25, 0.3) is 0 Å². The van der Waals surface area contributed by atoms with E-state index in [1.807, 2.05) is 6.92 Å². The Bertz CT molecular complexity index is 638. The predicted octanol–water partition coefficient (Wildman–Crippen LogP) is 2.24. The van der Waals surface area contributed by atoms with Crippen LogP contribution in [0.1, 0.15) is 26.5 Å². The van der Waals surface area contributed by atoms with Gasteiger partial charge in [0.1, 0.15) is 4.88 Å². The number of nitrogens with one attached hydrogen (secondary N) is 1. The molecule has 0 bridgehead atoms. The SMILES string of the molecule is Cc1ncsc1C(=O)NCCN1CCc2ccccc2C1. The van der Waals surface area contributed by atoms with Gasteiger partial charge >= 0.3 is 0 Å². The Morgan fingerprint density at radius 3 is 2.95 bits per heavy atom. The maximum atomic E-state index is 12.0. The zero-order valence-electron chi connectivity index (χ0n) is 12.1. The fourth-order valence-electron chi connectivity index (χ4n) is 2.67. The van der Waals surface area contributed by atoms with Gasteiger partial charge < -0.3 is 5.32 Å². The highest BCUT2D eigenvalue weighted by molar-refractivity contribution is 7.11. The van der Waals surface area contributed by atoms with Crippen LogP contribution in [-0.4, -0.2) is 35.4 Å². The number of aromatic nitrogens is 1. The molecule has 0 unspecified atom stereocenters. The van der Waals surface area contributed by atoms with Gasteiger partial charge in [-0.1, -0.05) is 24.3 Å². The maximum absolute atomic E-state index is 12.0. The third-order valence-corrected chi connectivity index (χ3v) is 4.80. The first-order chi connectivity index (χ1) is 10.2. The minimum absolute atomic E-state index is 0.00703. The summed E-state index contributed by atoms with van der Waals surface area (Å²) in [6, 6.07) is 8.60. The molecule has 2 aromatic rings. The van der Waals surface area contributed by atoms with Gasteiger partial charge in [0.15, 0.2) is 0 Å². The van der Waals surface area contributed by atoms with Gasteiger partial charge in [-0.05, 0) is 24.5 Å². The van der Waals surface area contributed by atoms with E-state index in [-0.39, 0.29) is 5.91 Å². The Morgan fingerprint density at radius 1 is 1.38 bits per heavy atom. The molecule has 1 aliphatic heterocycles. The van der Waals surface area contributed by atoms with Crippen molar-refractivity contribution < 1.29 is 4.79 Å². The van der Waals surface area contributed by atoms with E-state index in [4.69, 9.17) is 0 Å². The largest absolute Gasteiger partial charge is 0.350 e. The number of nitrogens with zero attached hydrogens (tertiary/aromatic N) is 2. The number of benzene rings is 1. The number of carbonyl (C=O) groups is 1.